The highest BCUT2D eigenvalue weighted by atomic mass is 16.5. The second-order valence-electron chi connectivity index (χ2n) is 7.86. The summed E-state index contributed by atoms with van der Waals surface area (Å²) in [5, 5.41) is 2.96. The van der Waals surface area contributed by atoms with E-state index in [2.05, 4.69) is 5.32 Å². The molecule has 30 heavy (non-hydrogen) atoms. The van der Waals surface area contributed by atoms with E-state index >= 15 is 0 Å². The number of aryl methyl sites for hydroxylation is 1. The summed E-state index contributed by atoms with van der Waals surface area (Å²) in [4.78, 5) is 28.9. The lowest BCUT2D eigenvalue weighted by Gasteiger charge is -2.32. The average molecular weight is 410 g/mol. The molecule has 1 aliphatic rings. The van der Waals surface area contributed by atoms with Gasteiger partial charge in [-0.2, -0.15) is 0 Å². The summed E-state index contributed by atoms with van der Waals surface area (Å²) in [5.74, 6) is 0.983. The summed E-state index contributed by atoms with van der Waals surface area (Å²) in [6.45, 7) is 4.84. The lowest BCUT2D eigenvalue weighted by atomic mass is 9.95. The Morgan fingerprint density at radius 1 is 1.07 bits per heavy atom. The van der Waals surface area contributed by atoms with E-state index in [0.29, 0.717) is 45.6 Å². The molecule has 0 saturated carbocycles. The van der Waals surface area contributed by atoms with E-state index in [9.17, 15) is 9.59 Å². The van der Waals surface area contributed by atoms with Crippen molar-refractivity contribution in [1.29, 1.82) is 0 Å². The first-order valence-corrected chi connectivity index (χ1v) is 10.5. The average Bonchev–Trinajstić information content (AvgIpc) is 2.76. The number of rotatable bonds is 8. The Labute approximate surface area is 178 Å². The number of likely N-dealkylation sites (N-methyl/N-ethyl adjacent to an activating group) is 1. The second-order valence-corrected chi connectivity index (χ2v) is 7.86. The van der Waals surface area contributed by atoms with Crippen molar-refractivity contribution in [1.82, 2.24) is 9.80 Å². The Kier molecular flexibility index (Phi) is 7.85. The first-order valence-electron chi connectivity index (χ1n) is 10.5. The number of hydrogen-bond donors (Lipinski definition) is 1. The molecule has 2 aromatic carbocycles. The maximum Gasteiger partial charge on any atom is 0.236 e. The highest BCUT2D eigenvalue weighted by Crippen LogP contribution is 2.20. The number of para-hydroxylation sites is 2. The predicted molar refractivity (Wildman–Crippen MR) is 119 cm³/mol. The number of hydrogen-bond acceptors (Lipinski definition) is 4. The van der Waals surface area contributed by atoms with Gasteiger partial charge in [-0.1, -0.05) is 36.4 Å². The van der Waals surface area contributed by atoms with Crippen molar-refractivity contribution in [3.05, 3.63) is 60.2 Å². The minimum Gasteiger partial charge on any atom is -0.492 e. The molecule has 2 aromatic rings. The van der Waals surface area contributed by atoms with Crippen molar-refractivity contribution in [2.75, 3.05) is 45.2 Å². The minimum atomic E-state index is -0.0468. The van der Waals surface area contributed by atoms with Gasteiger partial charge in [0.1, 0.15) is 12.4 Å². The highest BCUT2D eigenvalue weighted by Gasteiger charge is 2.27. The number of amides is 2. The molecule has 1 heterocycles. The molecular formula is C24H31N3O3. The third-order valence-electron chi connectivity index (χ3n) is 5.49. The van der Waals surface area contributed by atoms with E-state index in [1.807, 2.05) is 78.4 Å². The molecule has 2 amide bonds. The van der Waals surface area contributed by atoms with Gasteiger partial charge in [0.2, 0.25) is 11.8 Å². The quantitative estimate of drug-likeness (QED) is 0.727. The van der Waals surface area contributed by atoms with Crippen LogP contribution in [-0.2, 0) is 9.59 Å². The van der Waals surface area contributed by atoms with Gasteiger partial charge in [-0.3, -0.25) is 14.5 Å². The molecule has 1 N–H and O–H groups in total. The number of likely N-dealkylation sites (tertiary alicyclic amines) is 1. The van der Waals surface area contributed by atoms with Gasteiger partial charge in [-0.05, 0) is 50.6 Å². The van der Waals surface area contributed by atoms with Crippen LogP contribution in [0.2, 0.25) is 0 Å². The summed E-state index contributed by atoms with van der Waals surface area (Å²) in [6, 6.07) is 17.4. The minimum absolute atomic E-state index is 0.0405. The molecule has 0 aliphatic carbocycles. The zero-order valence-corrected chi connectivity index (χ0v) is 17.8. The zero-order valence-electron chi connectivity index (χ0n) is 17.8. The second kappa shape index (κ2) is 10.8. The van der Waals surface area contributed by atoms with Crippen LogP contribution in [0.25, 0.3) is 0 Å². The maximum absolute atomic E-state index is 12.6. The van der Waals surface area contributed by atoms with Crippen LogP contribution in [0, 0.1) is 12.8 Å². The normalized spacial score (nSPS) is 14.6. The molecule has 0 aromatic heterocycles. The van der Waals surface area contributed by atoms with Gasteiger partial charge < -0.3 is 15.0 Å². The fourth-order valence-electron chi connectivity index (χ4n) is 3.60. The Morgan fingerprint density at radius 2 is 1.73 bits per heavy atom. The van der Waals surface area contributed by atoms with Gasteiger partial charge in [0, 0.05) is 31.2 Å². The van der Waals surface area contributed by atoms with Gasteiger partial charge in [0.15, 0.2) is 0 Å². The van der Waals surface area contributed by atoms with Crippen molar-refractivity contribution in [2.45, 2.75) is 19.8 Å². The summed E-state index contributed by atoms with van der Waals surface area (Å²) < 4.78 is 5.81. The predicted octanol–water partition coefficient (Wildman–Crippen LogP) is 3.18. The third kappa shape index (κ3) is 6.32. The van der Waals surface area contributed by atoms with Gasteiger partial charge in [-0.25, -0.2) is 0 Å². The van der Waals surface area contributed by atoms with Crippen LogP contribution in [0.3, 0.4) is 0 Å². The first kappa shape index (κ1) is 21.8. The van der Waals surface area contributed by atoms with E-state index in [1.54, 1.807) is 0 Å². The number of nitrogens with zero attached hydrogens (tertiary/aromatic N) is 2. The van der Waals surface area contributed by atoms with Gasteiger partial charge in [0.25, 0.3) is 0 Å². The number of ether oxygens (including phenoxy) is 1. The van der Waals surface area contributed by atoms with E-state index in [-0.39, 0.29) is 17.7 Å². The van der Waals surface area contributed by atoms with Gasteiger partial charge in [0.05, 0.1) is 6.54 Å². The Bertz CT molecular complexity index is 833. The molecular weight excluding hydrogens is 378 g/mol. The Hall–Kier alpha value is -2.86. The third-order valence-corrected chi connectivity index (χ3v) is 5.49. The number of anilines is 1. The molecule has 0 spiro atoms. The molecule has 6 nitrogen and oxygen atoms in total. The molecule has 1 fully saturated rings. The van der Waals surface area contributed by atoms with Crippen molar-refractivity contribution >= 4 is 17.5 Å². The molecule has 0 radical (unpaired) electrons. The van der Waals surface area contributed by atoms with Crippen LogP contribution in [0.15, 0.2) is 54.6 Å². The Morgan fingerprint density at radius 3 is 2.43 bits per heavy atom. The smallest absolute Gasteiger partial charge is 0.236 e. The maximum atomic E-state index is 12.6. The molecule has 160 valence electrons. The van der Waals surface area contributed by atoms with Crippen LogP contribution < -0.4 is 10.1 Å². The summed E-state index contributed by atoms with van der Waals surface area (Å²) in [6.07, 6.45) is 1.40. The van der Waals surface area contributed by atoms with Crippen LogP contribution in [0.1, 0.15) is 18.4 Å². The van der Waals surface area contributed by atoms with Gasteiger partial charge >= 0.3 is 0 Å². The van der Waals surface area contributed by atoms with E-state index in [0.717, 1.165) is 17.0 Å². The lowest BCUT2D eigenvalue weighted by molar-refractivity contribution is -0.135. The SMILES string of the molecule is Cc1ccccc1OCCN(C)CC(=O)N1CCC(C(=O)Nc2ccccc2)CC1. The van der Waals surface area contributed by atoms with Crippen LogP contribution in [-0.4, -0.2) is 61.4 Å². The van der Waals surface area contributed by atoms with Crippen LogP contribution in [0.4, 0.5) is 5.69 Å². The van der Waals surface area contributed by atoms with Crippen LogP contribution in [0.5, 0.6) is 5.75 Å². The van der Waals surface area contributed by atoms with Gasteiger partial charge in [-0.15, -0.1) is 0 Å². The van der Waals surface area contributed by atoms with Crippen molar-refractivity contribution in [2.24, 2.45) is 5.92 Å². The number of nitrogens with one attached hydrogen (secondary N) is 1. The molecule has 0 atom stereocenters. The summed E-state index contributed by atoms with van der Waals surface area (Å²) >= 11 is 0. The van der Waals surface area contributed by atoms with E-state index < -0.39 is 0 Å². The lowest BCUT2D eigenvalue weighted by Crippen LogP contribution is -2.45. The topological polar surface area (TPSA) is 61.9 Å². The number of carbonyl (C=O) groups excluding carboxylic acids is 2. The zero-order chi connectivity index (χ0) is 21.3. The molecule has 0 unspecified atom stereocenters. The first-order chi connectivity index (χ1) is 14.5. The van der Waals surface area contributed by atoms with E-state index in [1.165, 1.54) is 0 Å². The molecule has 6 heteroatoms. The van der Waals surface area contributed by atoms with Crippen molar-refractivity contribution in [3.8, 4) is 5.75 Å². The monoisotopic (exact) mass is 409 g/mol. The fourth-order valence-corrected chi connectivity index (χ4v) is 3.60. The standard InChI is InChI=1S/C24H31N3O3/c1-19-8-6-7-11-22(19)30-17-16-26(2)18-23(28)27-14-12-20(13-15-27)24(29)25-21-9-4-3-5-10-21/h3-11,20H,12-18H2,1-2H3,(H,25,29). The summed E-state index contributed by atoms with van der Waals surface area (Å²) in [7, 11) is 1.93. The highest BCUT2D eigenvalue weighted by molar-refractivity contribution is 5.92. The molecule has 1 saturated heterocycles. The molecule has 1 aliphatic heterocycles. The number of piperidine rings is 1. The largest absolute Gasteiger partial charge is 0.492 e. The molecule has 0 bridgehead atoms. The van der Waals surface area contributed by atoms with E-state index in [4.69, 9.17) is 4.74 Å². The Balaban J connectivity index is 1.36. The van der Waals surface area contributed by atoms with Crippen LogP contribution >= 0.6 is 0 Å². The number of benzene rings is 2. The molecule has 3 rings (SSSR count). The fraction of sp³-hybridized carbons (Fsp3) is 0.417. The number of carbonyl (C=O) groups is 2. The summed E-state index contributed by atoms with van der Waals surface area (Å²) in [5.41, 5.74) is 1.92. The van der Waals surface area contributed by atoms with Crippen molar-refractivity contribution < 1.29 is 14.3 Å². The van der Waals surface area contributed by atoms with Crippen molar-refractivity contribution in [3.63, 3.8) is 0 Å².